The minimum atomic E-state index is -0.658. The second-order valence-corrected chi connectivity index (χ2v) is 4.95. The van der Waals surface area contributed by atoms with Crippen LogP contribution in [0, 0.1) is 0 Å². The van der Waals surface area contributed by atoms with E-state index in [4.69, 9.17) is 14.3 Å². The molecular formula is C17H25NO5. The Labute approximate surface area is 137 Å². The van der Waals surface area contributed by atoms with Gasteiger partial charge in [-0.1, -0.05) is 38.8 Å². The molecule has 0 aliphatic heterocycles. The number of hydroxylamine groups is 1. The van der Waals surface area contributed by atoms with Gasteiger partial charge in [0.15, 0.2) is 0 Å². The highest BCUT2D eigenvalue weighted by molar-refractivity contribution is 5.99. The van der Waals surface area contributed by atoms with Crippen LogP contribution in [-0.4, -0.2) is 32.4 Å². The van der Waals surface area contributed by atoms with Crippen LogP contribution in [0.5, 0.6) is 0 Å². The molecule has 0 spiro atoms. The van der Waals surface area contributed by atoms with Gasteiger partial charge >= 0.3 is 12.1 Å². The molecule has 0 saturated carbocycles. The Balaban J connectivity index is 2.87. The number of ether oxygens (including phenoxy) is 2. The van der Waals surface area contributed by atoms with Crippen molar-refractivity contribution >= 4 is 17.7 Å². The van der Waals surface area contributed by atoms with E-state index < -0.39 is 12.1 Å². The average molecular weight is 323 g/mol. The second-order valence-electron chi connectivity index (χ2n) is 4.95. The largest absolute Gasteiger partial charge is 0.462 e. The third kappa shape index (κ3) is 5.90. The molecule has 0 heterocycles. The van der Waals surface area contributed by atoms with Gasteiger partial charge in [-0.05, 0) is 25.0 Å². The van der Waals surface area contributed by atoms with Crippen molar-refractivity contribution in [1.29, 1.82) is 0 Å². The molecule has 23 heavy (non-hydrogen) atoms. The molecular weight excluding hydrogens is 298 g/mol. The van der Waals surface area contributed by atoms with Gasteiger partial charge in [0, 0.05) is 0 Å². The monoisotopic (exact) mass is 323 g/mol. The maximum Gasteiger partial charge on any atom is 0.438 e. The van der Waals surface area contributed by atoms with Crippen LogP contribution in [0.15, 0.2) is 24.3 Å². The Morgan fingerprint density at radius 3 is 2.22 bits per heavy atom. The summed E-state index contributed by atoms with van der Waals surface area (Å²) in [6.07, 6.45) is 2.75. The van der Waals surface area contributed by atoms with E-state index in [1.165, 1.54) is 7.11 Å². The van der Waals surface area contributed by atoms with Gasteiger partial charge in [-0.2, -0.15) is 5.06 Å². The number of hydrogen-bond acceptors (Lipinski definition) is 5. The van der Waals surface area contributed by atoms with Crippen LogP contribution < -0.4 is 5.06 Å². The van der Waals surface area contributed by atoms with Gasteiger partial charge in [0.2, 0.25) is 0 Å². The van der Waals surface area contributed by atoms with Crippen molar-refractivity contribution in [3.63, 3.8) is 0 Å². The summed E-state index contributed by atoms with van der Waals surface area (Å²) in [5.41, 5.74) is 0.566. The van der Waals surface area contributed by atoms with E-state index in [2.05, 4.69) is 0 Å². The highest BCUT2D eigenvalue weighted by Crippen LogP contribution is 2.22. The molecule has 0 fully saturated rings. The fraction of sp³-hybridized carbons (Fsp3) is 0.529. The van der Waals surface area contributed by atoms with E-state index in [0.29, 0.717) is 18.9 Å². The fourth-order valence-electron chi connectivity index (χ4n) is 1.84. The lowest BCUT2D eigenvalue weighted by Crippen LogP contribution is -2.32. The van der Waals surface area contributed by atoms with Crippen LogP contribution in [0.3, 0.4) is 0 Å². The van der Waals surface area contributed by atoms with E-state index in [0.717, 1.165) is 30.7 Å². The molecule has 6 nitrogen and oxygen atoms in total. The lowest BCUT2D eigenvalue weighted by Gasteiger charge is -2.21. The number of anilines is 1. The Hall–Kier alpha value is -2.08. The Morgan fingerprint density at radius 2 is 1.61 bits per heavy atom. The number of carbonyl (C=O) groups is 2. The number of nitrogens with zero attached hydrogens (tertiary/aromatic N) is 1. The van der Waals surface area contributed by atoms with Crippen LogP contribution in [0.2, 0.25) is 0 Å². The quantitative estimate of drug-likeness (QED) is 0.391. The molecule has 1 aromatic carbocycles. The van der Waals surface area contributed by atoms with Gasteiger partial charge < -0.3 is 9.47 Å². The van der Waals surface area contributed by atoms with Crippen LogP contribution in [0.4, 0.5) is 10.5 Å². The SMILES string of the molecule is CCCCOC(=O)c1ccccc1N(OC)C(=O)OCCCC. The van der Waals surface area contributed by atoms with E-state index in [-0.39, 0.29) is 5.56 Å². The fourth-order valence-corrected chi connectivity index (χ4v) is 1.84. The van der Waals surface area contributed by atoms with Crippen molar-refractivity contribution in [2.24, 2.45) is 0 Å². The van der Waals surface area contributed by atoms with E-state index >= 15 is 0 Å². The Bertz CT molecular complexity index is 504. The van der Waals surface area contributed by atoms with E-state index in [1.54, 1.807) is 24.3 Å². The number of carbonyl (C=O) groups excluding carboxylic acids is 2. The molecule has 1 rings (SSSR count). The summed E-state index contributed by atoms with van der Waals surface area (Å²) in [6.45, 7) is 4.67. The summed E-state index contributed by atoms with van der Waals surface area (Å²) >= 11 is 0. The molecule has 128 valence electrons. The molecule has 0 atom stereocenters. The van der Waals surface area contributed by atoms with Gasteiger partial charge in [-0.25, -0.2) is 9.59 Å². The van der Waals surface area contributed by atoms with Gasteiger partial charge in [0.25, 0.3) is 0 Å². The Kier molecular flexibility index (Phi) is 8.75. The smallest absolute Gasteiger partial charge is 0.438 e. The normalized spacial score (nSPS) is 10.2. The minimum absolute atomic E-state index is 0.262. The molecule has 1 amide bonds. The number of rotatable bonds is 9. The van der Waals surface area contributed by atoms with E-state index in [9.17, 15) is 9.59 Å². The minimum Gasteiger partial charge on any atom is -0.462 e. The number of unbranched alkanes of at least 4 members (excludes halogenated alkanes) is 2. The lowest BCUT2D eigenvalue weighted by molar-refractivity contribution is 0.0497. The summed E-state index contributed by atoms with van der Waals surface area (Å²) in [5, 5.41) is 0.964. The topological polar surface area (TPSA) is 65.1 Å². The molecule has 0 aliphatic rings. The molecule has 1 aromatic rings. The van der Waals surface area contributed by atoms with Gasteiger partial charge in [0.05, 0.1) is 31.6 Å². The van der Waals surface area contributed by atoms with Crippen LogP contribution in [0.25, 0.3) is 0 Å². The predicted octanol–water partition coefficient (Wildman–Crippen LogP) is 3.95. The first-order valence-corrected chi connectivity index (χ1v) is 7.92. The third-order valence-corrected chi connectivity index (χ3v) is 3.15. The number of amides is 1. The molecule has 0 bridgehead atoms. The first-order valence-electron chi connectivity index (χ1n) is 7.92. The molecule has 6 heteroatoms. The van der Waals surface area contributed by atoms with Gasteiger partial charge in [-0.3, -0.25) is 4.84 Å². The molecule has 0 saturated heterocycles. The summed E-state index contributed by atoms with van der Waals surface area (Å²) in [5.74, 6) is -0.488. The Morgan fingerprint density at radius 1 is 1.00 bits per heavy atom. The average Bonchev–Trinajstić information content (AvgIpc) is 2.56. The highest BCUT2D eigenvalue weighted by atomic mass is 16.7. The summed E-state index contributed by atoms with van der Waals surface area (Å²) in [7, 11) is 1.35. The summed E-state index contributed by atoms with van der Waals surface area (Å²) in [6, 6.07) is 6.62. The van der Waals surface area contributed by atoms with Crippen molar-refractivity contribution in [3.05, 3.63) is 29.8 Å². The molecule has 0 unspecified atom stereocenters. The van der Waals surface area contributed by atoms with Crippen molar-refractivity contribution in [3.8, 4) is 0 Å². The summed E-state index contributed by atoms with van der Waals surface area (Å²) < 4.78 is 10.3. The standard InChI is InChI=1S/C17H25NO5/c1-4-6-12-22-16(19)14-10-8-9-11-15(14)18(21-3)17(20)23-13-7-5-2/h8-11H,4-7,12-13H2,1-3H3. The van der Waals surface area contributed by atoms with Crippen molar-refractivity contribution in [2.45, 2.75) is 39.5 Å². The van der Waals surface area contributed by atoms with Crippen LogP contribution in [-0.2, 0) is 14.3 Å². The van der Waals surface area contributed by atoms with Gasteiger partial charge in [0.1, 0.15) is 0 Å². The van der Waals surface area contributed by atoms with Gasteiger partial charge in [-0.15, -0.1) is 0 Å². The van der Waals surface area contributed by atoms with Crippen molar-refractivity contribution < 1.29 is 23.9 Å². The van der Waals surface area contributed by atoms with Crippen molar-refractivity contribution in [1.82, 2.24) is 0 Å². The van der Waals surface area contributed by atoms with Crippen LogP contribution >= 0.6 is 0 Å². The second kappa shape index (κ2) is 10.6. The maximum absolute atomic E-state index is 12.2. The molecule has 0 radical (unpaired) electrons. The van der Waals surface area contributed by atoms with Crippen LogP contribution in [0.1, 0.15) is 49.9 Å². The van der Waals surface area contributed by atoms with Crippen molar-refractivity contribution in [2.75, 3.05) is 25.4 Å². The zero-order valence-electron chi connectivity index (χ0n) is 14.0. The number of para-hydroxylation sites is 1. The zero-order valence-corrected chi connectivity index (χ0v) is 14.0. The maximum atomic E-state index is 12.2. The summed E-state index contributed by atoms with van der Waals surface area (Å²) in [4.78, 5) is 29.4. The number of esters is 1. The highest BCUT2D eigenvalue weighted by Gasteiger charge is 2.23. The molecule has 0 aliphatic carbocycles. The number of hydrogen-bond donors (Lipinski definition) is 0. The zero-order chi connectivity index (χ0) is 17.1. The number of benzene rings is 1. The van der Waals surface area contributed by atoms with E-state index in [1.807, 2.05) is 13.8 Å². The first kappa shape index (κ1) is 19.0. The third-order valence-electron chi connectivity index (χ3n) is 3.15. The predicted molar refractivity (Wildman–Crippen MR) is 87.4 cm³/mol. The lowest BCUT2D eigenvalue weighted by atomic mass is 10.2. The molecule has 0 aromatic heterocycles. The first-order chi connectivity index (χ1) is 11.2. The molecule has 0 N–H and O–H groups in total.